The summed E-state index contributed by atoms with van der Waals surface area (Å²) in [5.41, 5.74) is 0.374. The molecule has 1 aromatic carbocycles. The van der Waals surface area contributed by atoms with E-state index < -0.39 is 17.7 Å². The molecule has 102 valence electrons. The van der Waals surface area contributed by atoms with Crippen LogP contribution in [-0.2, 0) is 6.54 Å². The van der Waals surface area contributed by atoms with Crippen LogP contribution in [-0.4, -0.2) is 11.7 Å². The van der Waals surface area contributed by atoms with Gasteiger partial charge in [0, 0.05) is 0 Å². The first-order valence-corrected chi connectivity index (χ1v) is 6.03. The molecule has 0 aliphatic rings. The number of aliphatic hydroxyl groups excluding tert-OH is 1. The summed E-state index contributed by atoms with van der Waals surface area (Å²) in [5, 5.41) is 12.9. The maximum absolute atomic E-state index is 13.0. The smallest absolute Gasteiger partial charge is 0.159 e. The maximum Gasteiger partial charge on any atom is 0.159 e. The summed E-state index contributed by atoms with van der Waals surface area (Å²) in [4.78, 5) is 0. The normalized spacial score (nSPS) is 12.6. The summed E-state index contributed by atoms with van der Waals surface area (Å²) in [6, 6.07) is 7.07. The van der Waals surface area contributed by atoms with Crippen LogP contribution in [0.5, 0.6) is 0 Å². The lowest BCUT2D eigenvalue weighted by Gasteiger charge is -2.11. The van der Waals surface area contributed by atoms with Crippen molar-refractivity contribution in [2.75, 3.05) is 6.54 Å². The number of furan rings is 1. The first-order valence-electron chi connectivity index (χ1n) is 6.03. The largest absolute Gasteiger partial charge is 0.468 e. The summed E-state index contributed by atoms with van der Waals surface area (Å²) >= 11 is 0. The van der Waals surface area contributed by atoms with Crippen molar-refractivity contribution in [2.24, 2.45) is 0 Å². The van der Waals surface area contributed by atoms with E-state index in [4.69, 9.17) is 4.42 Å². The molecule has 1 unspecified atom stereocenters. The molecule has 0 saturated heterocycles. The standard InChI is InChI=1S/C14H15F2NO2/c15-12-4-3-10(8-13(12)16)14(18)5-6-17-9-11-2-1-7-19-11/h1-4,7-8,14,17-18H,5-6,9H2. The Balaban J connectivity index is 1.77. The lowest BCUT2D eigenvalue weighted by molar-refractivity contribution is 0.166. The summed E-state index contributed by atoms with van der Waals surface area (Å²) in [5.74, 6) is -1.05. The van der Waals surface area contributed by atoms with Crippen molar-refractivity contribution in [2.45, 2.75) is 19.1 Å². The van der Waals surface area contributed by atoms with Crippen molar-refractivity contribution in [3.05, 3.63) is 59.6 Å². The molecule has 1 heterocycles. The third kappa shape index (κ3) is 3.87. The van der Waals surface area contributed by atoms with Crippen LogP contribution < -0.4 is 5.32 Å². The van der Waals surface area contributed by atoms with Gasteiger partial charge >= 0.3 is 0 Å². The second-order valence-corrected chi connectivity index (χ2v) is 4.23. The Morgan fingerprint density at radius 1 is 1.21 bits per heavy atom. The Bertz CT molecular complexity index is 514. The van der Waals surface area contributed by atoms with Gasteiger partial charge in [-0.3, -0.25) is 0 Å². The minimum atomic E-state index is -0.944. The highest BCUT2D eigenvalue weighted by molar-refractivity contribution is 5.19. The molecule has 2 N–H and O–H groups in total. The third-order valence-corrected chi connectivity index (χ3v) is 2.80. The molecule has 0 spiro atoms. The summed E-state index contributed by atoms with van der Waals surface area (Å²) < 4.78 is 30.9. The van der Waals surface area contributed by atoms with Gasteiger partial charge in [-0.15, -0.1) is 0 Å². The van der Waals surface area contributed by atoms with Gasteiger partial charge < -0.3 is 14.8 Å². The van der Waals surface area contributed by atoms with Crippen LogP contribution in [0.15, 0.2) is 41.0 Å². The van der Waals surface area contributed by atoms with E-state index in [0.717, 1.165) is 17.9 Å². The topological polar surface area (TPSA) is 45.4 Å². The number of nitrogens with one attached hydrogen (secondary N) is 1. The second kappa shape index (κ2) is 6.45. The maximum atomic E-state index is 13.0. The predicted octanol–water partition coefficient (Wildman–Crippen LogP) is 2.77. The fourth-order valence-electron chi connectivity index (χ4n) is 1.75. The van der Waals surface area contributed by atoms with Gasteiger partial charge in [0.15, 0.2) is 11.6 Å². The van der Waals surface area contributed by atoms with Gasteiger partial charge in [0.05, 0.1) is 18.9 Å². The molecular weight excluding hydrogens is 252 g/mol. The fourth-order valence-corrected chi connectivity index (χ4v) is 1.75. The Hall–Kier alpha value is -1.72. The average Bonchev–Trinajstić information content (AvgIpc) is 2.91. The molecule has 0 fully saturated rings. The molecule has 19 heavy (non-hydrogen) atoms. The first-order chi connectivity index (χ1) is 9.16. The van der Waals surface area contributed by atoms with Crippen molar-refractivity contribution < 1.29 is 18.3 Å². The molecule has 1 atom stereocenters. The SMILES string of the molecule is OC(CCNCc1ccco1)c1ccc(F)c(F)c1. The van der Waals surface area contributed by atoms with E-state index in [1.165, 1.54) is 6.07 Å². The van der Waals surface area contributed by atoms with E-state index in [9.17, 15) is 13.9 Å². The fraction of sp³-hybridized carbons (Fsp3) is 0.286. The molecule has 0 saturated carbocycles. The predicted molar refractivity (Wildman–Crippen MR) is 66.3 cm³/mol. The van der Waals surface area contributed by atoms with Crippen LogP contribution in [0.4, 0.5) is 8.78 Å². The van der Waals surface area contributed by atoms with Gasteiger partial charge in [-0.1, -0.05) is 6.07 Å². The molecular formula is C14H15F2NO2. The molecule has 0 aliphatic heterocycles. The van der Waals surface area contributed by atoms with E-state index in [2.05, 4.69) is 5.32 Å². The highest BCUT2D eigenvalue weighted by Gasteiger charge is 2.10. The third-order valence-electron chi connectivity index (χ3n) is 2.80. The molecule has 5 heteroatoms. The molecule has 0 amide bonds. The lowest BCUT2D eigenvalue weighted by Crippen LogP contribution is -2.17. The van der Waals surface area contributed by atoms with Gasteiger partial charge in [-0.05, 0) is 42.8 Å². The molecule has 2 aromatic rings. The monoisotopic (exact) mass is 267 g/mol. The lowest BCUT2D eigenvalue weighted by atomic mass is 10.1. The highest BCUT2D eigenvalue weighted by Crippen LogP contribution is 2.18. The Morgan fingerprint density at radius 2 is 2.05 bits per heavy atom. The Labute approximate surface area is 109 Å². The van der Waals surface area contributed by atoms with Crippen LogP contribution >= 0.6 is 0 Å². The zero-order valence-electron chi connectivity index (χ0n) is 10.3. The van der Waals surface area contributed by atoms with Crippen LogP contribution in [0.25, 0.3) is 0 Å². The zero-order chi connectivity index (χ0) is 13.7. The van der Waals surface area contributed by atoms with Crippen LogP contribution in [0.2, 0.25) is 0 Å². The Kier molecular flexibility index (Phi) is 4.65. The number of rotatable bonds is 6. The quantitative estimate of drug-likeness (QED) is 0.791. The van der Waals surface area contributed by atoms with Gasteiger partial charge in [0.2, 0.25) is 0 Å². The molecule has 0 radical (unpaired) electrons. The number of halogens is 2. The van der Waals surface area contributed by atoms with Crippen molar-refractivity contribution in [1.82, 2.24) is 5.32 Å². The van der Waals surface area contributed by atoms with Crippen molar-refractivity contribution in [3.8, 4) is 0 Å². The molecule has 0 aliphatic carbocycles. The summed E-state index contributed by atoms with van der Waals surface area (Å²) in [7, 11) is 0. The summed E-state index contributed by atoms with van der Waals surface area (Å²) in [6.45, 7) is 1.11. The van der Waals surface area contributed by atoms with Crippen LogP contribution in [0, 0.1) is 11.6 Å². The van der Waals surface area contributed by atoms with E-state index in [1.807, 2.05) is 6.07 Å². The van der Waals surface area contributed by atoms with Crippen molar-refractivity contribution >= 4 is 0 Å². The van der Waals surface area contributed by atoms with Crippen molar-refractivity contribution in [3.63, 3.8) is 0 Å². The second-order valence-electron chi connectivity index (χ2n) is 4.23. The van der Waals surface area contributed by atoms with Gasteiger partial charge in [0.1, 0.15) is 5.76 Å². The zero-order valence-corrected chi connectivity index (χ0v) is 10.3. The van der Waals surface area contributed by atoms with E-state index >= 15 is 0 Å². The molecule has 2 rings (SSSR count). The number of hydrogen-bond acceptors (Lipinski definition) is 3. The Morgan fingerprint density at radius 3 is 2.74 bits per heavy atom. The molecule has 1 aromatic heterocycles. The first kappa shape index (κ1) is 13.7. The molecule has 3 nitrogen and oxygen atoms in total. The summed E-state index contributed by atoms with van der Waals surface area (Å²) in [6.07, 6.45) is 1.18. The van der Waals surface area contributed by atoms with Crippen molar-refractivity contribution in [1.29, 1.82) is 0 Å². The number of benzene rings is 1. The van der Waals surface area contributed by atoms with E-state index in [-0.39, 0.29) is 0 Å². The minimum absolute atomic E-state index is 0.374. The highest BCUT2D eigenvalue weighted by atomic mass is 19.2. The average molecular weight is 267 g/mol. The minimum Gasteiger partial charge on any atom is -0.468 e. The van der Waals surface area contributed by atoms with Gasteiger partial charge in [0.25, 0.3) is 0 Å². The number of hydrogen-bond donors (Lipinski definition) is 2. The van der Waals surface area contributed by atoms with E-state index in [0.29, 0.717) is 25.1 Å². The van der Waals surface area contributed by atoms with Gasteiger partial charge in [-0.2, -0.15) is 0 Å². The number of aliphatic hydroxyl groups is 1. The van der Waals surface area contributed by atoms with E-state index in [1.54, 1.807) is 12.3 Å². The van der Waals surface area contributed by atoms with Crippen LogP contribution in [0.3, 0.4) is 0 Å². The molecule has 0 bridgehead atoms. The van der Waals surface area contributed by atoms with Crippen LogP contribution in [0.1, 0.15) is 23.8 Å². The van der Waals surface area contributed by atoms with Gasteiger partial charge in [-0.25, -0.2) is 8.78 Å².